The number of morpholine rings is 1. The molecule has 8 heteroatoms. The van der Waals surface area contributed by atoms with Gasteiger partial charge in [-0.05, 0) is 24.5 Å². The van der Waals surface area contributed by atoms with Crippen molar-refractivity contribution in [1.82, 2.24) is 20.5 Å². The Labute approximate surface area is 170 Å². The van der Waals surface area contributed by atoms with Crippen LogP contribution in [0.3, 0.4) is 0 Å². The molecular weight excluding hydrogens is 372 g/mol. The number of carbonyl (C=O) groups is 3. The van der Waals surface area contributed by atoms with Crippen molar-refractivity contribution in [2.45, 2.75) is 25.8 Å². The van der Waals surface area contributed by atoms with E-state index in [9.17, 15) is 14.4 Å². The number of hydrogen-bond donors (Lipinski definition) is 2. The molecule has 0 aromatic carbocycles. The fourth-order valence-corrected chi connectivity index (χ4v) is 3.62. The van der Waals surface area contributed by atoms with Crippen molar-refractivity contribution in [1.29, 1.82) is 0 Å². The monoisotopic (exact) mass is 400 g/mol. The highest BCUT2D eigenvalue weighted by Crippen LogP contribution is 2.28. The van der Waals surface area contributed by atoms with Gasteiger partial charge in [0.1, 0.15) is 0 Å². The molecule has 1 aliphatic carbocycles. The first kappa shape index (κ1) is 21.0. The molecule has 2 heterocycles. The minimum Gasteiger partial charge on any atom is -0.378 e. The molecule has 0 bridgehead atoms. The summed E-state index contributed by atoms with van der Waals surface area (Å²) < 4.78 is 5.31. The molecule has 0 unspecified atom stereocenters. The number of rotatable bonds is 7. The molecule has 1 saturated heterocycles. The van der Waals surface area contributed by atoms with Crippen molar-refractivity contribution in [2.75, 3.05) is 32.8 Å². The zero-order valence-corrected chi connectivity index (χ0v) is 16.5. The second-order valence-corrected chi connectivity index (χ2v) is 7.27. The smallest absolute Gasteiger partial charge is 0.226 e. The van der Waals surface area contributed by atoms with Crippen LogP contribution in [-0.4, -0.2) is 60.5 Å². The summed E-state index contributed by atoms with van der Waals surface area (Å²) in [7, 11) is 0. The molecule has 1 fully saturated rings. The number of carbonyl (C=O) groups excluding carboxylic acids is 3. The zero-order chi connectivity index (χ0) is 20.5. The van der Waals surface area contributed by atoms with E-state index in [0.717, 1.165) is 5.56 Å². The third kappa shape index (κ3) is 6.12. The topological polar surface area (TPSA) is 101 Å². The summed E-state index contributed by atoms with van der Waals surface area (Å²) in [5.41, 5.74) is 0.920. The van der Waals surface area contributed by atoms with Crippen LogP contribution < -0.4 is 10.6 Å². The summed E-state index contributed by atoms with van der Waals surface area (Å²) in [6.07, 6.45) is 8.60. The minimum atomic E-state index is -0.395. The molecule has 3 rings (SSSR count). The molecular formula is C21H28N4O4. The van der Waals surface area contributed by atoms with Gasteiger partial charge in [-0.15, -0.1) is 0 Å². The lowest BCUT2D eigenvalue weighted by Gasteiger charge is -2.34. The quantitative estimate of drug-likeness (QED) is 0.655. The molecule has 0 radical (unpaired) electrons. The zero-order valence-electron chi connectivity index (χ0n) is 16.5. The van der Waals surface area contributed by atoms with Gasteiger partial charge in [0.15, 0.2) is 0 Å². The van der Waals surface area contributed by atoms with Gasteiger partial charge in [0.05, 0.1) is 25.0 Å². The average Bonchev–Trinajstić information content (AvgIpc) is 2.78. The number of nitrogens with one attached hydrogen (secondary N) is 2. The van der Waals surface area contributed by atoms with Gasteiger partial charge in [-0.25, -0.2) is 0 Å². The van der Waals surface area contributed by atoms with Crippen LogP contribution in [0.25, 0.3) is 0 Å². The Morgan fingerprint density at radius 3 is 2.59 bits per heavy atom. The third-order valence-electron chi connectivity index (χ3n) is 5.27. The maximum atomic E-state index is 12.9. The molecule has 1 aliphatic heterocycles. The van der Waals surface area contributed by atoms with Gasteiger partial charge in [-0.3, -0.25) is 19.4 Å². The molecule has 2 aliphatic rings. The molecule has 0 spiro atoms. The van der Waals surface area contributed by atoms with E-state index in [1.54, 1.807) is 17.3 Å². The van der Waals surface area contributed by atoms with E-state index in [4.69, 9.17) is 4.74 Å². The van der Waals surface area contributed by atoms with Crippen molar-refractivity contribution >= 4 is 17.7 Å². The summed E-state index contributed by atoms with van der Waals surface area (Å²) >= 11 is 0. The maximum Gasteiger partial charge on any atom is 0.226 e. The Morgan fingerprint density at radius 1 is 1.10 bits per heavy atom. The minimum absolute atomic E-state index is 0.0204. The van der Waals surface area contributed by atoms with Crippen LogP contribution in [0.1, 0.15) is 24.8 Å². The van der Waals surface area contributed by atoms with Crippen LogP contribution in [0.4, 0.5) is 0 Å². The van der Waals surface area contributed by atoms with Gasteiger partial charge < -0.3 is 20.3 Å². The number of nitrogens with zero attached hydrogens (tertiary/aromatic N) is 2. The highest BCUT2D eigenvalue weighted by Gasteiger charge is 2.36. The van der Waals surface area contributed by atoms with E-state index in [0.29, 0.717) is 45.7 Å². The largest absolute Gasteiger partial charge is 0.378 e. The lowest BCUT2D eigenvalue weighted by atomic mass is 9.81. The SMILES string of the molecule is O=C(CCNC(=O)[C@H]1CC=CC[C@H]1C(=O)N1CCOCC1)NCc1cccnc1. The number of amides is 3. The summed E-state index contributed by atoms with van der Waals surface area (Å²) in [4.78, 5) is 43.3. The molecule has 156 valence electrons. The fourth-order valence-electron chi connectivity index (χ4n) is 3.62. The highest BCUT2D eigenvalue weighted by molar-refractivity contribution is 5.88. The molecule has 8 nitrogen and oxygen atoms in total. The van der Waals surface area contributed by atoms with Gasteiger partial charge in [0, 0.05) is 45.0 Å². The van der Waals surface area contributed by atoms with Crippen LogP contribution in [0.5, 0.6) is 0 Å². The van der Waals surface area contributed by atoms with Gasteiger partial charge in [0.25, 0.3) is 0 Å². The molecule has 2 atom stereocenters. The van der Waals surface area contributed by atoms with E-state index in [1.165, 1.54) is 0 Å². The predicted molar refractivity (Wildman–Crippen MR) is 106 cm³/mol. The normalized spacial score (nSPS) is 21.4. The molecule has 1 aromatic rings. The van der Waals surface area contributed by atoms with E-state index < -0.39 is 5.92 Å². The van der Waals surface area contributed by atoms with Gasteiger partial charge >= 0.3 is 0 Å². The van der Waals surface area contributed by atoms with E-state index in [2.05, 4.69) is 15.6 Å². The van der Waals surface area contributed by atoms with Crippen LogP contribution >= 0.6 is 0 Å². The van der Waals surface area contributed by atoms with Crippen molar-refractivity contribution in [3.63, 3.8) is 0 Å². The predicted octanol–water partition coefficient (Wildman–Crippen LogP) is 0.645. The first-order chi connectivity index (χ1) is 14.1. The van der Waals surface area contributed by atoms with Crippen LogP contribution in [0.15, 0.2) is 36.7 Å². The molecule has 29 heavy (non-hydrogen) atoms. The Bertz CT molecular complexity index is 731. The van der Waals surface area contributed by atoms with Crippen molar-refractivity contribution < 1.29 is 19.1 Å². The number of hydrogen-bond acceptors (Lipinski definition) is 5. The number of ether oxygens (including phenoxy) is 1. The second kappa shape index (κ2) is 10.7. The Balaban J connectivity index is 1.43. The van der Waals surface area contributed by atoms with Crippen LogP contribution in [0.2, 0.25) is 0 Å². The highest BCUT2D eigenvalue weighted by atomic mass is 16.5. The summed E-state index contributed by atoms with van der Waals surface area (Å²) in [5, 5.41) is 5.64. The molecule has 3 amide bonds. The van der Waals surface area contributed by atoms with Crippen molar-refractivity contribution in [3.8, 4) is 0 Å². The Kier molecular flexibility index (Phi) is 7.75. The lowest BCUT2D eigenvalue weighted by molar-refractivity contribution is -0.145. The fraction of sp³-hybridized carbons (Fsp3) is 0.524. The van der Waals surface area contributed by atoms with Gasteiger partial charge in [-0.1, -0.05) is 18.2 Å². The average molecular weight is 400 g/mol. The van der Waals surface area contributed by atoms with E-state index in [1.807, 2.05) is 24.3 Å². The standard InChI is InChI=1S/C21H28N4O4/c26-19(24-15-16-4-3-8-22-14-16)7-9-23-20(27)17-5-1-2-6-18(17)21(28)25-10-12-29-13-11-25/h1-4,8,14,17-18H,5-7,9-13,15H2,(H,23,27)(H,24,26)/t17-,18+/m0/s1. The Morgan fingerprint density at radius 2 is 1.86 bits per heavy atom. The van der Waals surface area contributed by atoms with Gasteiger partial charge in [0.2, 0.25) is 17.7 Å². The Hall–Kier alpha value is -2.74. The molecule has 1 aromatic heterocycles. The summed E-state index contributed by atoms with van der Waals surface area (Å²) in [5.74, 6) is -1.03. The first-order valence-corrected chi connectivity index (χ1v) is 10.1. The van der Waals surface area contributed by atoms with Crippen molar-refractivity contribution in [2.24, 2.45) is 11.8 Å². The third-order valence-corrected chi connectivity index (χ3v) is 5.27. The lowest BCUT2D eigenvalue weighted by Crippen LogP contribution is -2.48. The van der Waals surface area contributed by atoms with Crippen molar-refractivity contribution in [3.05, 3.63) is 42.2 Å². The summed E-state index contributed by atoms with van der Waals surface area (Å²) in [6.45, 7) is 2.88. The van der Waals surface area contributed by atoms with E-state index in [-0.39, 0.29) is 36.6 Å². The second-order valence-electron chi connectivity index (χ2n) is 7.27. The summed E-state index contributed by atoms with van der Waals surface area (Å²) in [6, 6.07) is 3.70. The van der Waals surface area contributed by atoms with Crippen LogP contribution in [0, 0.1) is 11.8 Å². The maximum absolute atomic E-state index is 12.9. The first-order valence-electron chi connectivity index (χ1n) is 10.1. The number of aromatic nitrogens is 1. The number of pyridine rings is 1. The van der Waals surface area contributed by atoms with E-state index >= 15 is 0 Å². The molecule has 0 saturated carbocycles. The number of allylic oxidation sites excluding steroid dienone is 2. The van der Waals surface area contributed by atoms with Crippen LogP contribution in [-0.2, 0) is 25.7 Å². The molecule has 2 N–H and O–H groups in total. The van der Waals surface area contributed by atoms with Gasteiger partial charge in [-0.2, -0.15) is 0 Å².